The maximum absolute atomic E-state index is 11.3. The largest absolute Gasteiger partial charge is 0.461 e. The maximum Gasteiger partial charge on any atom is 0.313 e. The molecule has 1 aliphatic heterocycles. The van der Waals surface area contributed by atoms with Crippen molar-refractivity contribution in [2.45, 2.75) is 129 Å². The molecule has 1 fully saturated rings. The van der Waals surface area contributed by atoms with Gasteiger partial charge in [0.1, 0.15) is 6.10 Å². The van der Waals surface area contributed by atoms with E-state index in [1.807, 2.05) is 6.92 Å². The fraction of sp³-hybridized carbons (Fsp3) is 0.875. The van der Waals surface area contributed by atoms with Crippen molar-refractivity contribution in [3.05, 3.63) is 12.2 Å². The summed E-state index contributed by atoms with van der Waals surface area (Å²) in [5, 5.41) is 10.1. The standard InChI is InChI=1S/C24H44O3/c1-3-5-6-7-8-9-10-11-12-13-14-15-16-17-18-19-21(25)20-23-22(4-2)24(26)27-23/h11-12,21-23,25H,3-10,13-20H2,1-2H3/b12-11-/t21-,22+,23+/m1/s1. The van der Waals surface area contributed by atoms with Crippen LogP contribution in [0.5, 0.6) is 0 Å². The Bertz CT molecular complexity index is 391. The Hall–Kier alpha value is -0.830. The molecule has 0 aromatic rings. The van der Waals surface area contributed by atoms with Crippen molar-refractivity contribution in [2.24, 2.45) is 5.92 Å². The van der Waals surface area contributed by atoms with Crippen molar-refractivity contribution in [1.82, 2.24) is 0 Å². The van der Waals surface area contributed by atoms with Crippen molar-refractivity contribution in [2.75, 3.05) is 0 Å². The zero-order valence-corrected chi connectivity index (χ0v) is 18.0. The van der Waals surface area contributed by atoms with Crippen molar-refractivity contribution < 1.29 is 14.6 Å². The van der Waals surface area contributed by atoms with Gasteiger partial charge in [0.2, 0.25) is 0 Å². The van der Waals surface area contributed by atoms with Crippen LogP contribution >= 0.6 is 0 Å². The summed E-state index contributed by atoms with van der Waals surface area (Å²) in [5.74, 6) is -0.0653. The molecule has 1 heterocycles. The molecule has 1 aliphatic rings. The summed E-state index contributed by atoms with van der Waals surface area (Å²) in [4.78, 5) is 11.3. The lowest BCUT2D eigenvalue weighted by Gasteiger charge is -2.35. The van der Waals surface area contributed by atoms with Crippen LogP contribution in [0.25, 0.3) is 0 Å². The van der Waals surface area contributed by atoms with Crippen LogP contribution in [-0.4, -0.2) is 23.3 Å². The molecule has 0 spiro atoms. The second kappa shape index (κ2) is 16.2. The minimum Gasteiger partial charge on any atom is -0.461 e. The minimum absolute atomic E-state index is 0.0220. The fourth-order valence-electron chi connectivity index (χ4n) is 3.88. The number of ether oxygens (including phenoxy) is 1. The van der Waals surface area contributed by atoms with Crippen molar-refractivity contribution in [1.29, 1.82) is 0 Å². The molecule has 1 saturated heterocycles. The van der Waals surface area contributed by atoms with Crippen molar-refractivity contribution >= 4 is 5.97 Å². The highest BCUT2D eigenvalue weighted by Gasteiger charge is 2.41. The van der Waals surface area contributed by atoms with E-state index in [1.165, 1.54) is 77.0 Å². The molecule has 0 aliphatic carbocycles. The number of aliphatic hydroxyl groups excluding tert-OH is 1. The molecule has 0 radical (unpaired) electrons. The second-order valence-corrected chi connectivity index (χ2v) is 8.25. The van der Waals surface area contributed by atoms with Crippen molar-refractivity contribution in [3.63, 3.8) is 0 Å². The molecule has 0 aromatic carbocycles. The molecule has 3 nitrogen and oxygen atoms in total. The number of aliphatic hydroxyl groups is 1. The van der Waals surface area contributed by atoms with Crippen LogP contribution in [-0.2, 0) is 9.53 Å². The lowest BCUT2D eigenvalue weighted by molar-refractivity contribution is -0.188. The van der Waals surface area contributed by atoms with Gasteiger partial charge in [0.25, 0.3) is 0 Å². The highest BCUT2D eigenvalue weighted by molar-refractivity contribution is 5.78. The molecule has 27 heavy (non-hydrogen) atoms. The lowest BCUT2D eigenvalue weighted by Crippen LogP contribution is -2.46. The number of hydrogen-bond acceptors (Lipinski definition) is 3. The van der Waals surface area contributed by atoms with Gasteiger partial charge < -0.3 is 9.84 Å². The van der Waals surface area contributed by atoms with E-state index in [-0.39, 0.29) is 24.1 Å². The first kappa shape index (κ1) is 24.2. The Labute approximate surface area is 168 Å². The van der Waals surface area contributed by atoms with Gasteiger partial charge in [-0.15, -0.1) is 0 Å². The van der Waals surface area contributed by atoms with Crippen molar-refractivity contribution in [3.8, 4) is 0 Å². The van der Waals surface area contributed by atoms with Crippen LogP contribution in [0.3, 0.4) is 0 Å². The first-order valence-electron chi connectivity index (χ1n) is 11.7. The van der Waals surface area contributed by atoms with Gasteiger partial charge in [-0.05, 0) is 38.5 Å². The number of esters is 1. The molecule has 0 amide bonds. The first-order valence-corrected chi connectivity index (χ1v) is 11.7. The normalized spacial score (nSPS) is 20.6. The van der Waals surface area contributed by atoms with Gasteiger partial charge in [-0.25, -0.2) is 0 Å². The van der Waals surface area contributed by atoms with E-state index >= 15 is 0 Å². The van der Waals surface area contributed by atoms with Gasteiger partial charge in [-0.1, -0.05) is 83.8 Å². The van der Waals surface area contributed by atoms with Crippen LogP contribution < -0.4 is 0 Å². The van der Waals surface area contributed by atoms with E-state index in [1.54, 1.807) is 0 Å². The third-order valence-electron chi connectivity index (χ3n) is 5.76. The molecular weight excluding hydrogens is 336 g/mol. The van der Waals surface area contributed by atoms with Crippen LogP contribution in [0, 0.1) is 5.92 Å². The molecule has 0 saturated carbocycles. The van der Waals surface area contributed by atoms with Gasteiger partial charge in [-0.3, -0.25) is 4.79 Å². The summed E-state index contributed by atoms with van der Waals surface area (Å²) in [5.41, 5.74) is 0. The molecule has 0 bridgehead atoms. The van der Waals surface area contributed by atoms with E-state index in [0.717, 1.165) is 19.3 Å². The summed E-state index contributed by atoms with van der Waals surface area (Å²) in [6, 6.07) is 0. The third kappa shape index (κ3) is 11.6. The topological polar surface area (TPSA) is 46.5 Å². The number of allylic oxidation sites excluding steroid dienone is 2. The van der Waals surface area contributed by atoms with Crippen LogP contribution in [0.4, 0.5) is 0 Å². The summed E-state index contributed by atoms with van der Waals surface area (Å²) < 4.78 is 5.14. The predicted molar refractivity (Wildman–Crippen MR) is 114 cm³/mol. The molecule has 3 atom stereocenters. The van der Waals surface area contributed by atoms with E-state index < -0.39 is 0 Å². The number of rotatable bonds is 18. The predicted octanol–water partition coefficient (Wildman–Crippen LogP) is 6.73. The number of hydrogen-bond donors (Lipinski definition) is 1. The summed E-state index contributed by atoms with van der Waals surface area (Å²) in [6.45, 7) is 4.28. The second-order valence-electron chi connectivity index (χ2n) is 8.25. The summed E-state index contributed by atoms with van der Waals surface area (Å²) >= 11 is 0. The van der Waals surface area contributed by atoms with E-state index in [4.69, 9.17) is 4.74 Å². The highest BCUT2D eigenvalue weighted by Crippen LogP contribution is 2.29. The first-order chi connectivity index (χ1) is 13.2. The average Bonchev–Trinajstić information content (AvgIpc) is 2.64. The van der Waals surface area contributed by atoms with Gasteiger partial charge in [0.05, 0.1) is 12.0 Å². The molecule has 0 unspecified atom stereocenters. The SMILES string of the molecule is CCCCCCCC/C=C\CCCCCCC[C@@H](O)C[C@@H]1OC(=O)[C@H]1CC. The van der Waals surface area contributed by atoms with Gasteiger partial charge >= 0.3 is 5.97 Å². The maximum atomic E-state index is 11.3. The smallest absolute Gasteiger partial charge is 0.313 e. The highest BCUT2D eigenvalue weighted by atomic mass is 16.6. The quantitative estimate of drug-likeness (QED) is 0.163. The third-order valence-corrected chi connectivity index (χ3v) is 5.76. The van der Waals surface area contributed by atoms with E-state index in [2.05, 4.69) is 19.1 Å². The van der Waals surface area contributed by atoms with Crippen LogP contribution in [0.1, 0.15) is 117 Å². The van der Waals surface area contributed by atoms with E-state index in [9.17, 15) is 9.90 Å². The minimum atomic E-state index is -0.318. The van der Waals surface area contributed by atoms with Gasteiger partial charge in [0, 0.05) is 6.42 Å². The number of cyclic esters (lactones) is 1. The van der Waals surface area contributed by atoms with Crippen LogP contribution in [0.15, 0.2) is 12.2 Å². The molecule has 1 N–H and O–H groups in total. The van der Waals surface area contributed by atoms with Gasteiger partial charge in [0.15, 0.2) is 0 Å². The van der Waals surface area contributed by atoms with Gasteiger partial charge in [-0.2, -0.15) is 0 Å². The Morgan fingerprint density at radius 2 is 1.44 bits per heavy atom. The number of unbranched alkanes of at least 4 members (excludes halogenated alkanes) is 11. The van der Waals surface area contributed by atoms with E-state index in [0.29, 0.717) is 6.42 Å². The average molecular weight is 381 g/mol. The fourth-order valence-corrected chi connectivity index (χ4v) is 3.88. The van der Waals surface area contributed by atoms with Crippen LogP contribution in [0.2, 0.25) is 0 Å². The zero-order chi connectivity index (χ0) is 19.7. The molecule has 1 rings (SSSR count). The molecule has 0 aromatic heterocycles. The number of carbonyl (C=O) groups excluding carboxylic acids is 1. The lowest BCUT2D eigenvalue weighted by atomic mass is 9.89. The molecule has 158 valence electrons. The Balaban J connectivity index is 1.82. The Kier molecular flexibility index (Phi) is 14.5. The summed E-state index contributed by atoms with van der Waals surface area (Å²) in [7, 11) is 0. The monoisotopic (exact) mass is 380 g/mol. The zero-order valence-electron chi connectivity index (χ0n) is 18.0. The molecule has 3 heteroatoms. The Morgan fingerprint density at radius 1 is 0.889 bits per heavy atom. The Morgan fingerprint density at radius 3 is 2.00 bits per heavy atom. The summed E-state index contributed by atoms with van der Waals surface area (Å²) in [6.07, 6.45) is 23.5. The molecular formula is C24H44O3. The number of carbonyl (C=O) groups is 1.